The number of carboxylic acids is 1. The predicted molar refractivity (Wildman–Crippen MR) is 156 cm³/mol. The first-order chi connectivity index (χ1) is 19.4. The fourth-order valence-corrected chi connectivity index (χ4v) is 4.72. The Morgan fingerprint density at radius 3 is 2.27 bits per heavy atom. The van der Waals surface area contributed by atoms with Gasteiger partial charge in [-0.15, -0.1) is 0 Å². The molecule has 41 heavy (non-hydrogen) atoms. The molecule has 0 saturated heterocycles. The zero-order chi connectivity index (χ0) is 30.2. The van der Waals surface area contributed by atoms with E-state index >= 15 is 4.39 Å². The van der Waals surface area contributed by atoms with Crippen LogP contribution in [0.15, 0.2) is 48.5 Å². The maximum atomic E-state index is 15.3. The average molecular weight is 571 g/mol. The SMILES string of the molecule is CC1CC1.CCCC(C)(C)Cc1cc(COc2cc(F)cc(CCC(=O)O)c2)c(F)cc1-c1cc(OC)ccc1F. The fourth-order valence-electron chi connectivity index (χ4n) is 4.72. The summed E-state index contributed by atoms with van der Waals surface area (Å²) in [6.07, 6.45) is 5.46. The lowest BCUT2D eigenvalue weighted by Crippen LogP contribution is -2.16. The number of hydrogen-bond acceptors (Lipinski definition) is 3. The van der Waals surface area contributed by atoms with E-state index in [0.717, 1.165) is 24.3 Å². The number of ether oxygens (including phenoxy) is 2. The number of hydrogen-bond donors (Lipinski definition) is 1. The van der Waals surface area contributed by atoms with Crippen molar-refractivity contribution in [1.29, 1.82) is 0 Å². The molecular weight excluding hydrogens is 529 g/mol. The van der Waals surface area contributed by atoms with Crippen molar-refractivity contribution in [2.75, 3.05) is 7.11 Å². The molecule has 0 unspecified atom stereocenters. The molecule has 1 aliphatic rings. The number of rotatable bonds is 12. The normalized spacial score (nSPS) is 12.9. The highest BCUT2D eigenvalue weighted by molar-refractivity contribution is 5.70. The molecular formula is C34H41F3O4. The van der Waals surface area contributed by atoms with Gasteiger partial charge in [0, 0.05) is 23.6 Å². The van der Waals surface area contributed by atoms with E-state index in [1.807, 2.05) is 0 Å². The highest BCUT2D eigenvalue weighted by atomic mass is 19.1. The Morgan fingerprint density at radius 1 is 0.951 bits per heavy atom. The van der Waals surface area contributed by atoms with Gasteiger partial charge in [-0.05, 0) is 89.8 Å². The lowest BCUT2D eigenvalue weighted by molar-refractivity contribution is -0.136. The molecule has 0 spiro atoms. The molecule has 3 aromatic carbocycles. The molecule has 0 amide bonds. The third-order valence-electron chi connectivity index (χ3n) is 7.15. The lowest BCUT2D eigenvalue weighted by atomic mass is 9.79. The first-order valence-electron chi connectivity index (χ1n) is 14.2. The summed E-state index contributed by atoms with van der Waals surface area (Å²) < 4.78 is 55.2. The summed E-state index contributed by atoms with van der Waals surface area (Å²) in [6, 6.07) is 11.4. The van der Waals surface area contributed by atoms with Crippen molar-refractivity contribution < 1.29 is 32.5 Å². The van der Waals surface area contributed by atoms with Crippen LogP contribution in [0, 0.1) is 28.8 Å². The van der Waals surface area contributed by atoms with Crippen LogP contribution in [-0.4, -0.2) is 18.2 Å². The molecule has 0 atom stereocenters. The molecule has 222 valence electrons. The van der Waals surface area contributed by atoms with E-state index in [9.17, 15) is 13.6 Å². The molecule has 4 nitrogen and oxygen atoms in total. The second-order valence-electron chi connectivity index (χ2n) is 11.7. The van der Waals surface area contributed by atoms with Gasteiger partial charge in [-0.25, -0.2) is 13.2 Å². The van der Waals surface area contributed by atoms with Crippen LogP contribution >= 0.6 is 0 Å². The monoisotopic (exact) mass is 570 g/mol. The summed E-state index contributed by atoms with van der Waals surface area (Å²) in [5, 5.41) is 8.89. The minimum Gasteiger partial charge on any atom is -0.497 e. The van der Waals surface area contributed by atoms with Gasteiger partial charge < -0.3 is 14.6 Å². The van der Waals surface area contributed by atoms with Crippen molar-refractivity contribution in [2.45, 2.75) is 79.2 Å². The van der Waals surface area contributed by atoms with Gasteiger partial charge >= 0.3 is 5.97 Å². The van der Waals surface area contributed by atoms with Crippen molar-refractivity contribution in [3.8, 4) is 22.6 Å². The van der Waals surface area contributed by atoms with Crippen LogP contribution in [0.2, 0.25) is 0 Å². The minimum absolute atomic E-state index is 0.115. The first kappa shape index (κ1) is 32.0. The third kappa shape index (κ3) is 10.1. The van der Waals surface area contributed by atoms with E-state index in [0.29, 0.717) is 23.3 Å². The molecule has 3 aromatic rings. The molecule has 1 N–H and O–H groups in total. The number of carboxylic acid groups (broad SMARTS) is 1. The topological polar surface area (TPSA) is 55.8 Å². The molecule has 0 aliphatic heterocycles. The first-order valence-corrected chi connectivity index (χ1v) is 14.2. The van der Waals surface area contributed by atoms with Gasteiger partial charge in [-0.2, -0.15) is 0 Å². The molecule has 1 aliphatic carbocycles. The van der Waals surface area contributed by atoms with Gasteiger partial charge in [0.25, 0.3) is 0 Å². The van der Waals surface area contributed by atoms with Crippen LogP contribution in [0.1, 0.15) is 76.5 Å². The third-order valence-corrected chi connectivity index (χ3v) is 7.15. The maximum Gasteiger partial charge on any atom is 0.303 e. The Bertz CT molecular complexity index is 1330. The summed E-state index contributed by atoms with van der Waals surface area (Å²) in [5.74, 6) is -0.878. The van der Waals surface area contributed by atoms with Crippen LogP contribution in [0.5, 0.6) is 11.5 Å². The van der Waals surface area contributed by atoms with Crippen LogP contribution in [0.3, 0.4) is 0 Å². The fraction of sp³-hybridized carbons (Fsp3) is 0.441. The van der Waals surface area contributed by atoms with Gasteiger partial charge in [0.05, 0.1) is 7.11 Å². The zero-order valence-electron chi connectivity index (χ0n) is 24.7. The van der Waals surface area contributed by atoms with Crippen molar-refractivity contribution >= 4 is 5.97 Å². The van der Waals surface area contributed by atoms with Crippen molar-refractivity contribution in [3.63, 3.8) is 0 Å². The summed E-state index contributed by atoms with van der Waals surface area (Å²) in [4.78, 5) is 10.9. The molecule has 0 radical (unpaired) electrons. The lowest BCUT2D eigenvalue weighted by Gasteiger charge is -2.26. The van der Waals surface area contributed by atoms with Crippen LogP contribution in [0.25, 0.3) is 11.1 Å². The van der Waals surface area contributed by atoms with E-state index < -0.39 is 23.4 Å². The van der Waals surface area contributed by atoms with Crippen LogP contribution in [-0.2, 0) is 24.2 Å². The molecule has 1 fully saturated rings. The quantitative estimate of drug-likeness (QED) is 0.236. The minimum atomic E-state index is -0.986. The predicted octanol–water partition coefficient (Wildman–Crippen LogP) is 9.16. The molecule has 4 rings (SSSR count). The molecule has 7 heteroatoms. The largest absolute Gasteiger partial charge is 0.497 e. The van der Waals surface area contributed by atoms with Gasteiger partial charge in [-0.3, -0.25) is 4.79 Å². The highest BCUT2D eigenvalue weighted by Crippen LogP contribution is 2.37. The standard InChI is InChI=1S/C30H33F3O4.C4H8/c1-5-10-30(2,3)17-20-13-21(18-37-24-12-19(6-9-29(34)35)11-22(31)14-24)28(33)16-25(20)26-15-23(36-4)7-8-27(26)32;1-4-2-3-4/h7-8,11-16H,5-6,9-10,17-18H2,1-4H3,(H,34,35);4H,2-3H2,1H3. The second-order valence-corrected chi connectivity index (χ2v) is 11.7. The summed E-state index contributed by atoms with van der Waals surface area (Å²) in [7, 11) is 1.49. The van der Waals surface area contributed by atoms with Gasteiger partial charge in [-0.1, -0.05) is 47.0 Å². The number of aliphatic carboxylic acids is 1. The van der Waals surface area contributed by atoms with E-state index in [1.54, 1.807) is 18.2 Å². The average Bonchev–Trinajstić information content (AvgIpc) is 3.69. The van der Waals surface area contributed by atoms with Crippen molar-refractivity contribution in [3.05, 3.63) is 82.7 Å². The van der Waals surface area contributed by atoms with E-state index in [-0.39, 0.29) is 41.7 Å². The zero-order valence-corrected chi connectivity index (χ0v) is 24.7. The Morgan fingerprint density at radius 2 is 1.66 bits per heavy atom. The number of benzene rings is 3. The van der Waals surface area contributed by atoms with E-state index in [2.05, 4.69) is 27.7 Å². The molecule has 0 heterocycles. The van der Waals surface area contributed by atoms with Crippen LogP contribution < -0.4 is 9.47 Å². The van der Waals surface area contributed by atoms with Gasteiger partial charge in [0.1, 0.15) is 35.6 Å². The van der Waals surface area contributed by atoms with Gasteiger partial charge in [0.2, 0.25) is 0 Å². The number of aryl methyl sites for hydroxylation is 1. The smallest absolute Gasteiger partial charge is 0.303 e. The Balaban J connectivity index is 0.00000106. The second kappa shape index (κ2) is 14.4. The summed E-state index contributed by atoms with van der Waals surface area (Å²) in [5.41, 5.74) is 2.09. The number of methoxy groups -OCH3 is 1. The molecule has 0 bridgehead atoms. The molecule has 0 aromatic heterocycles. The van der Waals surface area contributed by atoms with E-state index in [4.69, 9.17) is 14.6 Å². The summed E-state index contributed by atoms with van der Waals surface area (Å²) >= 11 is 0. The number of carbonyl (C=O) groups is 1. The maximum absolute atomic E-state index is 15.3. The van der Waals surface area contributed by atoms with Crippen LogP contribution in [0.4, 0.5) is 13.2 Å². The highest BCUT2D eigenvalue weighted by Gasteiger charge is 2.23. The summed E-state index contributed by atoms with van der Waals surface area (Å²) in [6.45, 7) is 8.44. The molecule has 1 saturated carbocycles. The van der Waals surface area contributed by atoms with E-state index in [1.165, 1.54) is 50.3 Å². The van der Waals surface area contributed by atoms with Crippen molar-refractivity contribution in [2.24, 2.45) is 11.3 Å². The Labute approximate surface area is 241 Å². The Kier molecular flexibility index (Phi) is 11.3. The van der Waals surface area contributed by atoms with Crippen molar-refractivity contribution in [1.82, 2.24) is 0 Å². The van der Waals surface area contributed by atoms with Gasteiger partial charge in [0.15, 0.2) is 0 Å². The number of halogens is 3. The Hall–Kier alpha value is -3.48.